The van der Waals surface area contributed by atoms with E-state index in [0.717, 1.165) is 5.56 Å². The zero-order valence-corrected chi connectivity index (χ0v) is 16.1. The molecule has 2 rings (SSSR count). The van der Waals surface area contributed by atoms with Gasteiger partial charge in [-0.1, -0.05) is 60.7 Å². The lowest BCUT2D eigenvalue weighted by Gasteiger charge is -2.37. The Bertz CT molecular complexity index is 603. The van der Waals surface area contributed by atoms with Crippen LogP contribution in [0.25, 0.3) is 0 Å². The van der Waals surface area contributed by atoms with Crippen molar-refractivity contribution in [1.29, 1.82) is 0 Å². The maximum absolute atomic E-state index is 13.3. The average molecular weight is 333 g/mol. The van der Waals surface area contributed by atoms with Gasteiger partial charge in [-0.25, -0.2) is 4.39 Å². The standard InChI is InChI=1S/C18H25FOSi2/c1-21(2,3)20-18(15-11-13-16(19)14-12-15)22(4,5)17-9-7-6-8-10-17/h6-14,18H,1-5H3. The van der Waals surface area contributed by atoms with E-state index in [-0.39, 0.29) is 11.5 Å². The van der Waals surface area contributed by atoms with Crippen molar-refractivity contribution in [3.63, 3.8) is 0 Å². The first-order valence-corrected chi connectivity index (χ1v) is 14.2. The van der Waals surface area contributed by atoms with Crippen molar-refractivity contribution in [3.05, 3.63) is 66.0 Å². The van der Waals surface area contributed by atoms with Gasteiger partial charge in [0, 0.05) is 0 Å². The molecule has 4 heteroatoms. The number of hydrogen-bond acceptors (Lipinski definition) is 1. The van der Waals surface area contributed by atoms with Gasteiger partial charge < -0.3 is 4.43 Å². The van der Waals surface area contributed by atoms with Crippen LogP contribution in [0.15, 0.2) is 54.6 Å². The number of hydrogen-bond donors (Lipinski definition) is 0. The SMILES string of the molecule is C[Si](C)(C)OC(c1ccc(F)cc1)[Si](C)(C)c1ccccc1. The Hall–Kier alpha value is -1.24. The summed E-state index contributed by atoms with van der Waals surface area (Å²) < 4.78 is 19.8. The predicted octanol–water partition coefficient (Wildman–Crippen LogP) is 4.87. The summed E-state index contributed by atoms with van der Waals surface area (Å²) in [5.74, 6) is -0.199. The van der Waals surface area contributed by atoms with Crippen molar-refractivity contribution in [2.24, 2.45) is 0 Å². The Morgan fingerprint density at radius 3 is 1.86 bits per heavy atom. The van der Waals surface area contributed by atoms with E-state index < -0.39 is 16.4 Å². The average Bonchev–Trinajstić information content (AvgIpc) is 2.46. The normalized spacial score (nSPS) is 13.9. The van der Waals surface area contributed by atoms with Crippen LogP contribution in [0, 0.1) is 5.82 Å². The highest BCUT2D eigenvalue weighted by Gasteiger charge is 2.38. The Balaban J connectivity index is 2.46. The maximum Gasteiger partial charge on any atom is 0.184 e. The van der Waals surface area contributed by atoms with E-state index in [0.29, 0.717) is 0 Å². The van der Waals surface area contributed by atoms with Crippen LogP contribution in [-0.4, -0.2) is 16.4 Å². The quantitative estimate of drug-likeness (QED) is 0.710. The van der Waals surface area contributed by atoms with Crippen LogP contribution in [0.1, 0.15) is 11.3 Å². The lowest BCUT2D eigenvalue weighted by molar-refractivity contribution is 0.270. The summed E-state index contributed by atoms with van der Waals surface area (Å²) in [6.07, 6.45) is 0. The molecule has 0 saturated heterocycles. The lowest BCUT2D eigenvalue weighted by Crippen LogP contribution is -2.51. The van der Waals surface area contributed by atoms with E-state index in [1.54, 1.807) is 0 Å². The molecule has 2 aromatic rings. The van der Waals surface area contributed by atoms with Crippen molar-refractivity contribution < 1.29 is 8.82 Å². The zero-order chi connectivity index (χ0) is 16.4. The van der Waals surface area contributed by atoms with Crippen LogP contribution < -0.4 is 5.19 Å². The van der Waals surface area contributed by atoms with Crippen molar-refractivity contribution in [1.82, 2.24) is 0 Å². The summed E-state index contributed by atoms with van der Waals surface area (Å²) in [5.41, 5.74) is 1.13. The molecule has 0 N–H and O–H groups in total. The minimum atomic E-state index is -1.89. The summed E-state index contributed by atoms with van der Waals surface area (Å²) in [6.45, 7) is 11.3. The fraction of sp³-hybridized carbons (Fsp3) is 0.333. The second kappa shape index (κ2) is 6.48. The molecule has 0 spiro atoms. The topological polar surface area (TPSA) is 9.23 Å². The molecule has 0 fully saturated rings. The molecule has 0 aliphatic rings. The second-order valence-corrected chi connectivity index (χ2v) is 16.3. The highest BCUT2D eigenvalue weighted by atomic mass is 28.4. The van der Waals surface area contributed by atoms with Gasteiger partial charge in [0.25, 0.3) is 0 Å². The molecule has 0 aliphatic carbocycles. The molecule has 0 bridgehead atoms. The Labute approximate surface area is 135 Å². The van der Waals surface area contributed by atoms with Gasteiger partial charge in [0.2, 0.25) is 0 Å². The third-order valence-corrected chi connectivity index (χ3v) is 8.58. The summed E-state index contributed by atoms with van der Waals surface area (Å²) in [6, 6.07) is 17.4. The van der Waals surface area contributed by atoms with Crippen LogP contribution in [0.3, 0.4) is 0 Å². The van der Waals surface area contributed by atoms with Crippen LogP contribution in [0.4, 0.5) is 4.39 Å². The van der Waals surface area contributed by atoms with Gasteiger partial charge in [0.05, 0.1) is 5.73 Å². The first-order chi connectivity index (χ1) is 10.2. The fourth-order valence-corrected chi connectivity index (χ4v) is 8.10. The monoisotopic (exact) mass is 332 g/mol. The second-order valence-electron chi connectivity index (χ2n) is 7.25. The number of halogens is 1. The van der Waals surface area contributed by atoms with Gasteiger partial charge in [0.15, 0.2) is 8.32 Å². The summed E-state index contributed by atoms with van der Waals surface area (Å²) in [4.78, 5) is 0. The van der Waals surface area contributed by atoms with E-state index in [2.05, 4.69) is 57.0 Å². The Morgan fingerprint density at radius 1 is 0.818 bits per heavy atom. The molecule has 0 amide bonds. The molecule has 0 radical (unpaired) electrons. The van der Waals surface area contributed by atoms with Gasteiger partial charge in [0.1, 0.15) is 13.9 Å². The Morgan fingerprint density at radius 2 is 1.36 bits per heavy atom. The number of benzene rings is 2. The molecular weight excluding hydrogens is 307 g/mol. The van der Waals surface area contributed by atoms with Gasteiger partial charge in [-0.3, -0.25) is 0 Å². The minimum Gasteiger partial charge on any atom is -0.413 e. The van der Waals surface area contributed by atoms with E-state index in [9.17, 15) is 4.39 Å². The third-order valence-electron chi connectivity index (χ3n) is 3.82. The van der Waals surface area contributed by atoms with E-state index in [1.165, 1.54) is 17.3 Å². The molecule has 0 aliphatic heterocycles. The van der Waals surface area contributed by atoms with Crippen molar-refractivity contribution in [2.75, 3.05) is 0 Å². The fourth-order valence-electron chi connectivity index (χ4n) is 2.64. The highest BCUT2D eigenvalue weighted by molar-refractivity contribution is 6.91. The molecule has 0 aromatic heterocycles. The predicted molar refractivity (Wildman–Crippen MR) is 97.1 cm³/mol. The minimum absolute atomic E-state index is 0.0437. The maximum atomic E-state index is 13.3. The zero-order valence-electron chi connectivity index (χ0n) is 14.1. The van der Waals surface area contributed by atoms with Crippen LogP contribution in [0.2, 0.25) is 32.7 Å². The van der Waals surface area contributed by atoms with Crippen molar-refractivity contribution >= 4 is 21.6 Å². The van der Waals surface area contributed by atoms with Crippen LogP contribution >= 0.6 is 0 Å². The van der Waals surface area contributed by atoms with E-state index in [1.807, 2.05) is 18.2 Å². The van der Waals surface area contributed by atoms with E-state index in [4.69, 9.17) is 4.43 Å². The molecule has 2 aromatic carbocycles. The van der Waals surface area contributed by atoms with Crippen LogP contribution in [-0.2, 0) is 4.43 Å². The molecular formula is C18H25FOSi2. The molecule has 1 atom stereocenters. The van der Waals surface area contributed by atoms with Gasteiger partial charge in [-0.2, -0.15) is 0 Å². The summed E-state index contributed by atoms with van der Waals surface area (Å²) in [5, 5.41) is 1.36. The largest absolute Gasteiger partial charge is 0.413 e. The molecule has 118 valence electrons. The summed E-state index contributed by atoms with van der Waals surface area (Å²) in [7, 11) is -3.61. The molecule has 1 nitrogen and oxygen atoms in total. The first kappa shape index (κ1) is 17.1. The van der Waals surface area contributed by atoms with Gasteiger partial charge >= 0.3 is 0 Å². The van der Waals surface area contributed by atoms with Crippen molar-refractivity contribution in [3.8, 4) is 0 Å². The van der Waals surface area contributed by atoms with Crippen molar-refractivity contribution in [2.45, 2.75) is 38.5 Å². The molecule has 0 saturated carbocycles. The Kier molecular flexibility index (Phi) is 5.05. The molecule has 1 unspecified atom stereocenters. The highest BCUT2D eigenvalue weighted by Crippen LogP contribution is 2.31. The van der Waals surface area contributed by atoms with Gasteiger partial charge in [-0.15, -0.1) is 0 Å². The third kappa shape index (κ3) is 4.15. The lowest BCUT2D eigenvalue weighted by atomic mass is 10.2. The molecule has 0 heterocycles. The van der Waals surface area contributed by atoms with Gasteiger partial charge in [-0.05, 0) is 37.3 Å². The first-order valence-electron chi connectivity index (χ1n) is 7.69. The number of rotatable bonds is 5. The smallest absolute Gasteiger partial charge is 0.184 e. The summed E-state index contributed by atoms with van der Waals surface area (Å²) >= 11 is 0. The van der Waals surface area contributed by atoms with E-state index >= 15 is 0 Å². The molecule has 22 heavy (non-hydrogen) atoms. The van der Waals surface area contributed by atoms with Crippen LogP contribution in [0.5, 0.6) is 0 Å².